The van der Waals surface area contributed by atoms with E-state index in [2.05, 4.69) is 30.4 Å². The fourth-order valence-electron chi connectivity index (χ4n) is 3.13. The van der Waals surface area contributed by atoms with Crippen molar-refractivity contribution in [2.45, 2.75) is 20.0 Å². The Bertz CT molecular complexity index is 788. The zero-order chi connectivity index (χ0) is 19.8. The fraction of sp³-hybridized carbons (Fsp3) is 0.409. The first-order valence-corrected chi connectivity index (χ1v) is 9.58. The summed E-state index contributed by atoms with van der Waals surface area (Å²) in [5.41, 5.74) is 3.66. The van der Waals surface area contributed by atoms with Crippen molar-refractivity contribution in [3.05, 3.63) is 59.2 Å². The summed E-state index contributed by atoms with van der Waals surface area (Å²) in [4.78, 5) is 14.0. The highest BCUT2D eigenvalue weighted by Gasteiger charge is 2.18. The second-order valence-electron chi connectivity index (χ2n) is 6.80. The Morgan fingerprint density at radius 2 is 1.89 bits per heavy atom. The summed E-state index contributed by atoms with van der Waals surface area (Å²) in [5.74, 6) is 1.17. The molecule has 0 unspecified atom stereocenters. The number of carbonyl (C=O) groups is 1. The maximum atomic E-state index is 12.2. The van der Waals surface area contributed by atoms with Crippen LogP contribution in [0.15, 0.2) is 42.5 Å². The van der Waals surface area contributed by atoms with Gasteiger partial charge >= 0.3 is 0 Å². The minimum Gasteiger partial charge on any atom is -0.493 e. The van der Waals surface area contributed by atoms with Crippen LogP contribution in [0.4, 0.5) is 0 Å². The molecule has 0 spiro atoms. The van der Waals surface area contributed by atoms with Gasteiger partial charge in [-0.2, -0.15) is 0 Å². The van der Waals surface area contributed by atoms with Crippen LogP contribution in [0.1, 0.15) is 16.7 Å². The van der Waals surface area contributed by atoms with E-state index in [1.165, 1.54) is 11.1 Å². The van der Waals surface area contributed by atoms with Crippen LogP contribution in [0.3, 0.4) is 0 Å². The van der Waals surface area contributed by atoms with Gasteiger partial charge < -0.3 is 24.4 Å². The molecular formula is C22H28N2O4. The van der Waals surface area contributed by atoms with Crippen molar-refractivity contribution in [1.29, 1.82) is 0 Å². The molecule has 0 aromatic heterocycles. The Morgan fingerprint density at radius 3 is 2.64 bits per heavy atom. The van der Waals surface area contributed by atoms with Gasteiger partial charge in [-0.25, -0.2) is 0 Å². The maximum Gasteiger partial charge on any atom is 0.260 e. The van der Waals surface area contributed by atoms with Gasteiger partial charge in [0.15, 0.2) is 18.1 Å². The molecule has 1 saturated heterocycles. The molecule has 1 aliphatic rings. The summed E-state index contributed by atoms with van der Waals surface area (Å²) >= 11 is 0. The molecule has 2 aromatic rings. The van der Waals surface area contributed by atoms with Crippen molar-refractivity contribution < 1.29 is 19.0 Å². The summed E-state index contributed by atoms with van der Waals surface area (Å²) in [6, 6.07) is 14.1. The highest BCUT2D eigenvalue weighted by atomic mass is 16.5. The lowest BCUT2D eigenvalue weighted by Crippen LogP contribution is -2.43. The van der Waals surface area contributed by atoms with E-state index in [0.717, 1.165) is 18.7 Å². The Hall–Kier alpha value is -2.57. The molecular weight excluding hydrogens is 356 g/mol. The van der Waals surface area contributed by atoms with Gasteiger partial charge in [-0.15, -0.1) is 0 Å². The lowest BCUT2D eigenvalue weighted by molar-refractivity contribution is -0.137. The number of carbonyl (C=O) groups excluding carboxylic acids is 1. The Labute approximate surface area is 166 Å². The summed E-state index contributed by atoms with van der Waals surface area (Å²) in [6.45, 7) is 6.04. The van der Waals surface area contributed by atoms with Crippen LogP contribution in [0.2, 0.25) is 0 Å². The van der Waals surface area contributed by atoms with E-state index in [-0.39, 0.29) is 12.5 Å². The molecule has 0 saturated carbocycles. The zero-order valence-electron chi connectivity index (χ0n) is 16.6. The third-order valence-electron chi connectivity index (χ3n) is 4.85. The Morgan fingerprint density at radius 1 is 1.11 bits per heavy atom. The molecule has 2 aromatic carbocycles. The summed E-state index contributed by atoms with van der Waals surface area (Å²) in [6.07, 6.45) is 0. The molecule has 6 nitrogen and oxygen atoms in total. The lowest BCUT2D eigenvalue weighted by atomic mass is 10.1. The van der Waals surface area contributed by atoms with Crippen LogP contribution >= 0.6 is 0 Å². The molecule has 1 aliphatic heterocycles. The molecule has 6 heteroatoms. The van der Waals surface area contributed by atoms with Crippen molar-refractivity contribution in [3.63, 3.8) is 0 Å². The van der Waals surface area contributed by atoms with E-state index in [1.807, 2.05) is 24.3 Å². The van der Waals surface area contributed by atoms with E-state index in [4.69, 9.17) is 14.2 Å². The highest BCUT2D eigenvalue weighted by Crippen LogP contribution is 2.28. The number of hydrogen-bond acceptors (Lipinski definition) is 5. The van der Waals surface area contributed by atoms with Crippen LogP contribution in [-0.2, 0) is 22.6 Å². The van der Waals surface area contributed by atoms with Gasteiger partial charge in [0.1, 0.15) is 0 Å². The predicted molar refractivity (Wildman–Crippen MR) is 108 cm³/mol. The zero-order valence-corrected chi connectivity index (χ0v) is 16.6. The molecule has 0 radical (unpaired) electrons. The molecule has 150 valence electrons. The summed E-state index contributed by atoms with van der Waals surface area (Å²) < 4.78 is 16.4. The van der Waals surface area contributed by atoms with Crippen LogP contribution in [0.5, 0.6) is 11.5 Å². The molecule has 0 atom stereocenters. The van der Waals surface area contributed by atoms with E-state index >= 15 is 0 Å². The van der Waals surface area contributed by atoms with E-state index in [1.54, 1.807) is 12.0 Å². The van der Waals surface area contributed by atoms with E-state index < -0.39 is 0 Å². The standard InChI is InChI=1S/C22H28N2O4/c1-17-5-3-4-6-19(17)15-23-14-18-7-8-20(21(13-18)26-2)28-16-22(25)24-9-11-27-12-10-24/h3-8,13,23H,9-12,14-16H2,1-2H3. The normalized spacial score (nSPS) is 14.0. The third-order valence-corrected chi connectivity index (χ3v) is 4.85. The van der Waals surface area contributed by atoms with Gasteiger partial charge in [-0.05, 0) is 35.7 Å². The maximum absolute atomic E-state index is 12.2. The SMILES string of the molecule is COc1cc(CNCc2ccccc2C)ccc1OCC(=O)N1CCOCC1. The van der Waals surface area contributed by atoms with Crippen molar-refractivity contribution in [1.82, 2.24) is 10.2 Å². The topological polar surface area (TPSA) is 60.0 Å². The lowest BCUT2D eigenvalue weighted by Gasteiger charge is -2.26. The minimum atomic E-state index is -0.0330. The van der Waals surface area contributed by atoms with Gasteiger partial charge in [0.25, 0.3) is 5.91 Å². The summed E-state index contributed by atoms with van der Waals surface area (Å²) in [5, 5.41) is 3.45. The van der Waals surface area contributed by atoms with Gasteiger partial charge in [0, 0.05) is 26.2 Å². The first kappa shape index (κ1) is 20.2. The van der Waals surface area contributed by atoms with Crippen molar-refractivity contribution in [3.8, 4) is 11.5 Å². The number of nitrogens with one attached hydrogen (secondary N) is 1. The number of morpholine rings is 1. The van der Waals surface area contributed by atoms with Gasteiger partial charge in [-0.3, -0.25) is 4.79 Å². The number of ether oxygens (including phenoxy) is 3. The van der Waals surface area contributed by atoms with Gasteiger partial charge in [0.2, 0.25) is 0 Å². The third kappa shape index (κ3) is 5.47. The van der Waals surface area contributed by atoms with Crippen LogP contribution in [0, 0.1) is 6.92 Å². The fourth-order valence-corrected chi connectivity index (χ4v) is 3.13. The number of rotatable bonds is 8. The van der Waals surface area contributed by atoms with Crippen molar-refractivity contribution >= 4 is 5.91 Å². The van der Waals surface area contributed by atoms with E-state index in [0.29, 0.717) is 37.8 Å². The molecule has 0 bridgehead atoms. The van der Waals surface area contributed by atoms with Crippen LogP contribution in [0.25, 0.3) is 0 Å². The largest absolute Gasteiger partial charge is 0.493 e. The van der Waals surface area contributed by atoms with Crippen LogP contribution < -0.4 is 14.8 Å². The number of nitrogens with zero attached hydrogens (tertiary/aromatic N) is 1. The van der Waals surface area contributed by atoms with Gasteiger partial charge in [-0.1, -0.05) is 30.3 Å². The molecule has 1 amide bonds. The Balaban J connectivity index is 1.53. The number of methoxy groups -OCH3 is 1. The first-order valence-electron chi connectivity index (χ1n) is 9.58. The van der Waals surface area contributed by atoms with E-state index in [9.17, 15) is 4.79 Å². The molecule has 1 N–H and O–H groups in total. The van der Waals surface area contributed by atoms with Crippen molar-refractivity contribution in [2.75, 3.05) is 40.0 Å². The summed E-state index contributed by atoms with van der Waals surface area (Å²) in [7, 11) is 1.61. The quantitative estimate of drug-likeness (QED) is 0.758. The molecule has 1 heterocycles. The second-order valence-corrected chi connectivity index (χ2v) is 6.80. The van der Waals surface area contributed by atoms with Gasteiger partial charge in [0.05, 0.1) is 20.3 Å². The van der Waals surface area contributed by atoms with Crippen molar-refractivity contribution in [2.24, 2.45) is 0 Å². The number of hydrogen-bond donors (Lipinski definition) is 1. The average Bonchev–Trinajstić information content (AvgIpc) is 2.74. The monoisotopic (exact) mass is 384 g/mol. The molecule has 28 heavy (non-hydrogen) atoms. The Kier molecular flexibility index (Phi) is 7.28. The number of aryl methyl sites for hydroxylation is 1. The number of benzene rings is 2. The first-order chi connectivity index (χ1) is 13.7. The van der Waals surface area contributed by atoms with Crippen LogP contribution in [-0.4, -0.2) is 50.8 Å². The molecule has 1 fully saturated rings. The highest BCUT2D eigenvalue weighted by molar-refractivity contribution is 5.78. The number of amides is 1. The smallest absolute Gasteiger partial charge is 0.260 e. The molecule has 0 aliphatic carbocycles. The average molecular weight is 384 g/mol. The second kappa shape index (κ2) is 10.1. The molecule has 3 rings (SSSR count). The predicted octanol–water partition coefficient (Wildman–Crippen LogP) is 2.53. The minimum absolute atomic E-state index is 0.00123.